The number of hydrogen-bond donors (Lipinski definition) is 0. The van der Waals surface area contributed by atoms with Crippen LogP contribution in [-0.4, -0.2) is 0 Å². The lowest BCUT2D eigenvalue weighted by Crippen LogP contribution is -2.05. The summed E-state index contributed by atoms with van der Waals surface area (Å²) in [4.78, 5) is 0. The average Bonchev–Trinajstić information content (AvgIpc) is 3.11. The summed E-state index contributed by atoms with van der Waals surface area (Å²) in [6.07, 6.45) is 1.01. The molecule has 0 spiro atoms. The fourth-order valence-corrected chi connectivity index (χ4v) is 5.24. The standard InChI is InChI=1S/C27H22S/c1-19-8-7-9-20(16-19)17-24(21-10-3-2-4-11-21)22-14-15-27-25(18-22)23-12-5-6-13-26(23)28-27/h2-16,18,24H,17H2,1H3. The number of fused-ring (bicyclic) bond motifs is 3. The Hall–Kier alpha value is -2.90. The second kappa shape index (κ2) is 7.26. The van der Waals surface area contributed by atoms with Gasteiger partial charge in [-0.05, 0) is 48.2 Å². The van der Waals surface area contributed by atoms with E-state index in [9.17, 15) is 0 Å². The topological polar surface area (TPSA) is 0 Å². The molecule has 0 aliphatic carbocycles. The van der Waals surface area contributed by atoms with E-state index in [2.05, 4.69) is 104 Å². The van der Waals surface area contributed by atoms with Gasteiger partial charge < -0.3 is 0 Å². The lowest BCUT2D eigenvalue weighted by atomic mass is 9.85. The maximum Gasteiger partial charge on any atom is 0.0355 e. The number of aryl methyl sites for hydroxylation is 1. The maximum atomic E-state index is 2.42. The second-order valence-corrected chi connectivity index (χ2v) is 8.59. The van der Waals surface area contributed by atoms with Crippen LogP contribution in [0.25, 0.3) is 20.2 Å². The first-order valence-corrected chi connectivity index (χ1v) is 10.6. The van der Waals surface area contributed by atoms with Crippen LogP contribution in [0.15, 0.2) is 97.1 Å². The molecule has 5 aromatic rings. The smallest absolute Gasteiger partial charge is 0.0355 e. The van der Waals surface area contributed by atoms with Crippen molar-refractivity contribution in [3.05, 3.63) is 119 Å². The van der Waals surface area contributed by atoms with Crippen LogP contribution in [0.3, 0.4) is 0 Å². The summed E-state index contributed by atoms with van der Waals surface area (Å²) >= 11 is 1.88. The molecule has 4 aromatic carbocycles. The molecule has 0 amide bonds. The number of benzene rings is 4. The Kier molecular flexibility index (Phi) is 4.46. The molecule has 5 rings (SSSR count). The predicted octanol–water partition coefficient (Wildman–Crippen LogP) is 7.74. The van der Waals surface area contributed by atoms with E-state index in [4.69, 9.17) is 0 Å². The van der Waals surface area contributed by atoms with Gasteiger partial charge in [-0.15, -0.1) is 11.3 Å². The highest BCUT2D eigenvalue weighted by molar-refractivity contribution is 7.25. The van der Waals surface area contributed by atoms with Crippen molar-refractivity contribution in [1.82, 2.24) is 0 Å². The Labute approximate surface area is 170 Å². The zero-order valence-electron chi connectivity index (χ0n) is 15.9. The van der Waals surface area contributed by atoms with Crippen molar-refractivity contribution < 1.29 is 0 Å². The van der Waals surface area contributed by atoms with Crippen molar-refractivity contribution >= 4 is 31.5 Å². The van der Waals surface area contributed by atoms with Gasteiger partial charge in [-0.25, -0.2) is 0 Å². The van der Waals surface area contributed by atoms with Gasteiger partial charge in [-0.2, -0.15) is 0 Å². The van der Waals surface area contributed by atoms with Gasteiger partial charge in [0.1, 0.15) is 0 Å². The van der Waals surface area contributed by atoms with Crippen molar-refractivity contribution in [2.75, 3.05) is 0 Å². The van der Waals surface area contributed by atoms with Crippen LogP contribution in [0.2, 0.25) is 0 Å². The summed E-state index contributed by atoms with van der Waals surface area (Å²) in [7, 11) is 0. The lowest BCUT2D eigenvalue weighted by Gasteiger charge is -2.19. The van der Waals surface area contributed by atoms with Gasteiger partial charge in [-0.3, -0.25) is 0 Å². The highest BCUT2D eigenvalue weighted by atomic mass is 32.1. The Balaban J connectivity index is 1.65. The van der Waals surface area contributed by atoms with E-state index in [-0.39, 0.29) is 0 Å². The van der Waals surface area contributed by atoms with Crippen molar-refractivity contribution in [3.8, 4) is 0 Å². The zero-order chi connectivity index (χ0) is 18.9. The van der Waals surface area contributed by atoms with Crippen molar-refractivity contribution in [3.63, 3.8) is 0 Å². The molecule has 0 radical (unpaired) electrons. The van der Waals surface area contributed by atoms with Crippen molar-refractivity contribution in [1.29, 1.82) is 0 Å². The first-order valence-electron chi connectivity index (χ1n) is 9.79. The van der Waals surface area contributed by atoms with Crippen molar-refractivity contribution in [2.24, 2.45) is 0 Å². The molecule has 1 heteroatoms. The molecule has 0 fully saturated rings. The summed E-state index contributed by atoms with van der Waals surface area (Å²) in [5, 5.41) is 2.75. The Morgan fingerprint density at radius 2 is 1.43 bits per heavy atom. The highest BCUT2D eigenvalue weighted by Crippen LogP contribution is 2.37. The molecule has 1 heterocycles. The van der Waals surface area contributed by atoms with Crippen molar-refractivity contribution in [2.45, 2.75) is 19.3 Å². The summed E-state index contributed by atoms with van der Waals surface area (Å²) < 4.78 is 2.73. The van der Waals surface area contributed by atoms with Gasteiger partial charge >= 0.3 is 0 Å². The fraction of sp³-hybridized carbons (Fsp3) is 0.111. The summed E-state index contributed by atoms with van der Waals surface area (Å²) in [6.45, 7) is 2.17. The molecule has 0 saturated heterocycles. The van der Waals surface area contributed by atoms with Crippen LogP contribution in [-0.2, 0) is 6.42 Å². The molecule has 0 aliphatic heterocycles. The minimum absolute atomic E-state index is 0.353. The summed E-state index contributed by atoms with van der Waals surface area (Å²) in [5.74, 6) is 0.353. The summed E-state index contributed by atoms with van der Waals surface area (Å²) in [5.41, 5.74) is 5.49. The monoisotopic (exact) mass is 378 g/mol. The maximum absolute atomic E-state index is 2.42. The highest BCUT2D eigenvalue weighted by Gasteiger charge is 2.16. The Morgan fingerprint density at radius 1 is 0.643 bits per heavy atom. The lowest BCUT2D eigenvalue weighted by molar-refractivity contribution is 0.806. The first-order chi connectivity index (χ1) is 13.8. The second-order valence-electron chi connectivity index (χ2n) is 7.51. The fourth-order valence-electron chi connectivity index (χ4n) is 4.15. The van der Waals surface area contributed by atoms with Crippen LogP contribution in [0.4, 0.5) is 0 Å². The molecule has 0 nitrogen and oxygen atoms in total. The number of rotatable bonds is 4. The summed E-state index contributed by atoms with van der Waals surface area (Å²) in [6, 6.07) is 35.6. The third-order valence-corrected chi connectivity index (χ3v) is 6.68. The molecule has 0 bridgehead atoms. The van der Waals surface area contributed by atoms with Gasteiger partial charge in [-0.1, -0.05) is 84.4 Å². The van der Waals surface area contributed by atoms with Crippen LogP contribution in [0.1, 0.15) is 28.2 Å². The third-order valence-electron chi connectivity index (χ3n) is 5.53. The molecule has 136 valence electrons. The number of thiophene rings is 1. The molecule has 1 unspecified atom stereocenters. The predicted molar refractivity (Wildman–Crippen MR) is 122 cm³/mol. The third kappa shape index (κ3) is 3.23. The van der Waals surface area contributed by atoms with Gasteiger partial charge in [0.15, 0.2) is 0 Å². The largest absolute Gasteiger partial charge is 0.135 e. The zero-order valence-corrected chi connectivity index (χ0v) is 16.7. The molecular formula is C27H22S. The molecule has 28 heavy (non-hydrogen) atoms. The van der Waals surface area contributed by atoms with E-state index in [1.54, 1.807) is 0 Å². The molecule has 1 aromatic heterocycles. The average molecular weight is 379 g/mol. The van der Waals surface area contributed by atoms with Crippen LogP contribution in [0, 0.1) is 6.92 Å². The SMILES string of the molecule is Cc1cccc(CC(c2ccccc2)c2ccc3sc4ccccc4c3c2)c1. The molecule has 0 aliphatic rings. The van der Waals surface area contributed by atoms with Gasteiger partial charge in [0.25, 0.3) is 0 Å². The first kappa shape index (κ1) is 17.2. The minimum atomic E-state index is 0.353. The van der Waals surface area contributed by atoms with E-state index < -0.39 is 0 Å². The van der Waals surface area contributed by atoms with Crippen LogP contribution < -0.4 is 0 Å². The molecular weight excluding hydrogens is 356 g/mol. The van der Waals surface area contributed by atoms with Crippen LogP contribution >= 0.6 is 11.3 Å². The number of hydrogen-bond acceptors (Lipinski definition) is 1. The Bertz CT molecular complexity index is 1250. The van der Waals surface area contributed by atoms with E-state index in [1.807, 2.05) is 11.3 Å². The van der Waals surface area contributed by atoms with Gasteiger partial charge in [0, 0.05) is 26.1 Å². The van der Waals surface area contributed by atoms with E-state index in [0.717, 1.165) is 6.42 Å². The minimum Gasteiger partial charge on any atom is -0.135 e. The van der Waals surface area contributed by atoms with Gasteiger partial charge in [0.05, 0.1) is 0 Å². The normalized spacial score (nSPS) is 12.5. The molecule has 0 saturated carbocycles. The van der Waals surface area contributed by atoms with E-state index in [0.29, 0.717) is 5.92 Å². The quantitative estimate of drug-likeness (QED) is 0.300. The van der Waals surface area contributed by atoms with Crippen LogP contribution in [0.5, 0.6) is 0 Å². The van der Waals surface area contributed by atoms with E-state index >= 15 is 0 Å². The molecule has 0 N–H and O–H groups in total. The molecule has 1 atom stereocenters. The van der Waals surface area contributed by atoms with E-state index in [1.165, 1.54) is 42.4 Å². The Morgan fingerprint density at radius 3 is 2.29 bits per heavy atom. The van der Waals surface area contributed by atoms with Gasteiger partial charge in [0.2, 0.25) is 0 Å².